The first-order chi connectivity index (χ1) is 9.61. The van der Waals surface area contributed by atoms with Gasteiger partial charge in [-0.3, -0.25) is 9.59 Å². The number of rotatable bonds is 6. The first kappa shape index (κ1) is 13.9. The van der Waals surface area contributed by atoms with Crippen molar-refractivity contribution in [2.45, 2.75) is 26.3 Å². The van der Waals surface area contributed by atoms with E-state index in [1.807, 2.05) is 6.92 Å². The Kier molecular flexibility index (Phi) is 4.24. The summed E-state index contributed by atoms with van der Waals surface area (Å²) in [5, 5.41) is 20.1. The molecule has 2 aromatic heterocycles. The highest BCUT2D eigenvalue weighted by molar-refractivity contribution is 5.67. The lowest BCUT2D eigenvalue weighted by Crippen LogP contribution is -2.17. The minimum Gasteiger partial charge on any atom is -0.481 e. The van der Waals surface area contributed by atoms with Crippen molar-refractivity contribution in [3.8, 4) is 11.4 Å². The predicted octanol–water partition coefficient (Wildman–Crippen LogP) is 0.529. The van der Waals surface area contributed by atoms with Crippen molar-refractivity contribution < 1.29 is 9.90 Å². The van der Waals surface area contributed by atoms with Crippen LogP contribution >= 0.6 is 0 Å². The second-order valence-electron chi connectivity index (χ2n) is 4.48. The maximum Gasteiger partial charge on any atom is 0.303 e. The van der Waals surface area contributed by atoms with Gasteiger partial charge in [-0.05, 0) is 16.3 Å². The van der Waals surface area contributed by atoms with Crippen LogP contribution in [0.2, 0.25) is 0 Å². The van der Waals surface area contributed by atoms with Crippen LogP contribution in [0.1, 0.15) is 19.8 Å². The quantitative estimate of drug-likeness (QED) is 0.796. The van der Waals surface area contributed by atoms with E-state index in [-0.39, 0.29) is 17.8 Å². The van der Waals surface area contributed by atoms with Crippen LogP contribution in [0.25, 0.3) is 11.4 Å². The van der Waals surface area contributed by atoms with E-state index in [1.165, 1.54) is 23.1 Å². The summed E-state index contributed by atoms with van der Waals surface area (Å²) in [4.78, 5) is 25.4. The number of tetrazole rings is 1. The molecular formula is C12H15N5O3. The van der Waals surface area contributed by atoms with E-state index in [4.69, 9.17) is 5.11 Å². The zero-order valence-corrected chi connectivity index (χ0v) is 11.0. The Balaban J connectivity index is 2.27. The highest BCUT2D eigenvalue weighted by Crippen LogP contribution is 2.15. The molecule has 2 N–H and O–H groups in total. The molecule has 106 valence electrons. The van der Waals surface area contributed by atoms with Crippen molar-refractivity contribution in [2.24, 2.45) is 5.92 Å². The number of hydrogen-bond acceptors (Lipinski definition) is 5. The zero-order valence-electron chi connectivity index (χ0n) is 11.0. The molecule has 0 fully saturated rings. The Morgan fingerprint density at radius 2 is 2.35 bits per heavy atom. The molecule has 8 heteroatoms. The lowest BCUT2D eigenvalue weighted by molar-refractivity contribution is -0.138. The van der Waals surface area contributed by atoms with E-state index >= 15 is 0 Å². The number of hydrogen-bond donors (Lipinski definition) is 2. The van der Waals surface area contributed by atoms with Crippen LogP contribution in [-0.4, -0.2) is 36.3 Å². The minimum absolute atomic E-state index is 0.0426. The average Bonchev–Trinajstić information content (AvgIpc) is 2.86. The molecule has 1 atom stereocenters. The van der Waals surface area contributed by atoms with E-state index in [0.29, 0.717) is 24.4 Å². The van der Waals surface area contributed by atoms with E-state index < -0.39 is 5.97 Å². The molecule has 0 saturated heterocycles. The van der Waals surface area contributed by atoms with Gasteiger partial charge in [0.25, 0.3) is 0 Å². The third kappa shape index (κ3) is 3.08. The molecule has 1 unspecified atom stereocenters. The molecular weight excluding hydrogens is 262 g/mol. The van der Waals surface area contributed by atoms with Gasteiger partial charge in [0.2, 0.25) is 0 Å². The topological polar surface area (TPSA) is 114 Å². The molecule has 0 amide bonds. The number of carbonyl (C=O) groups is 1. The van der Waals surface area contributed by atoms with Crippen LogP contribution in [0.5, 0.6) is 0 Å². The molecule has 0 saturated carbocycles. The fraction of sp³-hybridized carbons (Fsp3) is 0.417. The van der Waals surface area contributed by atoms with E-state index in [2.05, 4.69) is 20.5 Å². The molecule has 8 nitrogen and oxygen atoms in total. The van der Waals surface area contributed by atoms with Crippen LogP contribution < -0.4 is 5.43 Å². The Bertz CT molecular complexity index is 648. The molecule has 2 aromatic rings. The van der Waals surface area contributed by atoms with Gasteiger partial charge in [0.1, 0.15) is 0 Å². The number of H-pyrrole nitrogens is 1. The van der Waals surface area contributed by atoms with Gasteiger partial charge in [0.15, 0.2) is 11.3 Å². The highest BCUT2D eigenvalue weighted by atomic mass is 16.4. The van der Waals surface area contributed by atoms with Gasteiger partial charge in [-0.1, -0.05) is 13.3 Å². The van der Waals surface area contributed by atoms with E-state index in [1.54, 1.807) is 0 Å². The van der Waals surface area contributed by atoms with Crippen LogP contribution in [-0.2, 0) is 11.3 Å². The summed E-state index contributed by atoms with van der Waals surface area (Å²) in [5.41, 5.74) is 0.175. The van der Waals surface area contributed by atoms with Crippen LogP contribution in [0.3, 0.4) is 0 Å². The third-order valence-electron chi connectivity index (χ3n) is 3.07. The maximum atomic E-state index is 11.8. The lowest BCUT2D eigenvalue weighted by Gasteiger charge is -2.12. The summed E-state index contributed by atoms with van der Waals surface area (Å²) in [6, 6.07) is 1.39. The number of nitrogens with one attached hydrogen (secondary N) is 1. The molecule has 0 radical (unpaired) electrons. The number of carboxylic acid groups (broad SMARTS) is 1. The molecule has 0 bridgehead atoms. The molecule has 2 rings (SSSR count). The molecule has 20 heavy (non-hydrogen) atoms. The standard InChI is InChI=1S/C12H15N5O3/c1-2-8(5-11(19)20)7-17-12(14-15-16-17)9-6-13-4-3-10(9)18/h3-4,6,8H,2,5,7H2,1H3,(H,13,18)(H,19,20). The Morgan fingerprint density at radius 1 is 1.55 bits per heavy atom. The first-order valence-electron chi connectivity index (χ1n) is 6.27. The monoisotopic (exact) mass is 277 g/mol. The van der Waals surface area contributed by atoms with Crippen molar-refractivity contribution in [1.29, 1.82) is 0 Å². The van der Waals surface area contributed by atoms with Crippen LogP contribution in [0.15, 0.2) is 23.3 Å². The number of aliphatic carboxylic acids is 1. The van der Waals surface area contributed by atoms with E-state index in [9.17, 15) is 9.59 Å². The van der Waals surface area contributed by atoms with Crippen molar-refractivity contribution in [3.63, 3.8) is 0 Å². The maximum absolute atomic E-state index is 11.8. The summed E-state index contributed by atoms with van der Waals surface area (Å²) in [6.45, 7) is 2.27. The Labute approximate surface area is 114 Å². The molecule has 0 aliphatic rings. The Morgan fingerprint density at radius 3 is 3.00 bits per heavy atom. The third-order valence-corrected chi connectivity index (χ3v) is 3.07. The molecule has 0 aliphatic carbocycles. The number of pyridine rings is 1. The van der Waals surface area contributed by atoms with Gasteiger partial charge in [-0.2, -0.15) is 0 Å². The van der Waals surface area contributed by atoms with Crippen molar-refractivity contribution >= 4 is 5.97 Å². The fourth-order valence-electron chi connectivity index (χ4n) is 1.94. The number of aromatic nitrogens is 5. The Hall–Kier alpha value is -2.51. The lowest BCUT2D eigenvalue weighted by atomic mass is 10.0. The van der Waals surface area contributed by atoms with Crippen LogP contribution in [0, 0.1) is 5.92 Å². The highest BCUT2D eigenvalue weighted by Gasteiger charge is 2.17. The molecule has 0 aromatic carbocycles. The van der Waals surface area contributed by atoms with Crippen molar-refractivity contribution in [2.75, 3.05) is 0 Å². The molecule has 0 spiro atoms. The number of nitrogens with zero attached hydrogens (tertiary/aromatic N) is 4. The van der Waals surface area contributed by atoms with Gasteiger partial charge in [-0.15, -0.1) is 5.10 Å². The van der Waals surface area contributed by atoms with Crippen molar-refractivity contribution in [1.82, 2.24) is 25.2 Å². The minimum atomic E-state index is -0.857. The molecule has 2 heterocycles. The molecule has 0 aliphatic heterocycles. The second-order valence-corrected chi connectivity index (χ2v) is 4.48. The van der Waals surface area contributed by atoms with Gasteiger partial charge in [0, 0.05) is 31.4 Å². The summed E-state index contributed by atoms with van der Waals surface area (Å²) in [5.74, 6) is -0.600. The normalized spacial score (nSPS) is 12.2. The van der Waals surface area contributed by atoms with Gasteiger partial charge in [0.05, 0.1) is 5.56 Å². The van der Waals surface area contributed by atoms with Crippen LogP contribution in [0.4, 0.5) is 0 Å². The fourth-order valence-corrected chi connectivity index (χ4v) is 1.94. The predicted molar refractivity (Wildman–Crippen MR) is 69.9 cm³/mol. The summed E-state index contributed by atoms with van der Waals surface area (Å²) >= 11 is 0. The SMILES string of the molecule is CCC(CC(=O)O)Cn1nnnc1-c1c[nH]ccc1=O. The van der Waals surface area contributed by atoms with Gasteiger partial charge in [-0.25, -0.2) is 4.68 Å². The second kappa shape index (κ2) is 6.09. The average molecular weight is 277 g/mol. The summed E-state index contributed by atoms with van der Waals surface area (Å²) < 4.78 is 1.47. The zero-order chi connectivity index (χ0) is 14.5. The number of aromatic amines is 1. The van der Waals surface area contributed by atoms with Crippen molar-refractivity contribution in [3.05, 3.63) is 28.7 Å². The summed E-state index contributed by atoms with van der Waals surface area (Å²) in [7, 11) is 0. The first-order valence-corrected chi connectivity index (χ1v) is 6.27. The van der Waals surface area contributed by atoms with Gasteiger partial charge >= 0.3 is 5.97 Å². The van der Waals surface area contributed by atoms with Gasteiger partial charge < -0.3 is 10.1 Å². The largest absolute Gasteiger partial charge is 0.481 e. The smallest absolute Gasteiger partial charge is 0.303 e. The number of carboxylic acids is 1. The summed E-state index contributed by atoms with van der Waals surface area (Å²) in [6.07, 6.45) is 3.79. The van der Waals surface area contributed by atoms with E-state index in [0.717, 1.165) is 0 Å².